The molecule has 60 heavy (non-hydrogen) atoms. The minimum Gasteiger partial charge on any atom is -0.438 e. The molecule has 8 nitrogen and oxygen atoms in total. The highest BCUT2D eigenvalue weighted by Crippen LogP contribution is 2.70. The summed E-state index contributed by atoms with van der Waals surface area (Å²) in [6.45, 7) is 15.4. The quantitative estimate of drug-likeness (QED) is 0.0953. The second kappa shape index (κ2) is 18.3. The van der Waals surface area contributed by atoms with Crippen LogP contribution in [0.3, 0.4) is 0 Å². The van der Waals surface area contributed by atoms with Gasteiger partial charge in [-0.15, -0.1) is 0 Å². The Bertz CT molecular complexity index is 1380. The maximum atomic E-state index is 12.7. The first-order valence-electron chi connectivity index (χ1n) is 25.5. The Morgan fingerprint density at radius 3 is 1.32 bits per heavy atom. The van der Waals surface area contributed by atoms with E-state index in [1.165, 1.54) is 89.9 Å². The topological polar surface area (TPSA) is 112 Å². The number of carbonyl (C=O) groups is 2. The van der Waals surface area contributed by atoms with Crippen LogP contribution in [0.5, 0.6) is 0 Å². The number of ether oxygens (including phenoxy) is 4. The average Bonchev–Trinajstić information content (AvgIpc) is 3.77. The number of rotatable bonds is 15. The van der Waals surface area contributed by atoms with Crippen LogP contribution < -0.4 is 0 Å². The van der Waals surface area contributed by atoms with Gasteiger partial charge in [-0.1, -0.05) is 41.5 Å². The molecule has 0 saturated heterocycles. The fourth-order valence-electron chi connectivity index (χ4n) is 18.1. The molecule has 0 bridgehead atoms. The van der Waals surface area contributed by atoms with Gasteiger partial charge in [-0.05, 0) is 221 Å². The maximum absolute atomic E-state index is 12.7. The Morgan fingerprint density at radius 2 is 0.900 bits per heavy atom. The van der Waals surface area contributed by atoms with Gasteiger partial charge < -0.3 is 29.2 Å². The molecule has 18 atom stereocenters. The first kappa shape index (κ1) is 45.4. The van der Waals surface area contributed by atoms with E-state index in [4.69, 9.17) is 18.9 Å². The van der Waals surface area contributed by atoms with Crippen molar-refractivity contribution in [2.45, 2.75) is 195 Å². The largest absolute Gasteiger partial charge is 0.438 e. The Hall–Kier alpha value is -1.22. The second-order valence-corrected chi connectivity index (χ2v) is 23.7. The van der Waals surface area contributed by atoms with Crippen LogP contribution >= 0.6 is 0 Å². The van der Waals surface area contributed by atoms with Gasteiger partial charge in [0.25, 0.3) is 0 Å². The van der Waals surface area contributed by atoms with E-state index in [9.17, 15) is 19.8 Å². The van der Waals surface area contributed by atoms with Gasteiger partial charge in [-0.2, -0.15) is 0 Å². The molecule has 8 heteroatoms. The third-order valence-electron chi connectivity index (χ3n) is 21.4. The van der Waals surface area contributed by atoms with Crippen LogP contribution in [0.4, 0.5) is 0 Å². The fraction of sp³-hybridized carbons (Fsp3) is 0.962. The SMILES string of the molecule is CC(CCC(=O)OCOCCOCOC(=O)CCC(C)C1CCC2C3CCC4CC(O)CCC4(C)C3CCC12C)C1CCC2C3CCC4CC(O)CCC4(C)C3CCC12C. The van der Waals surface area contributed by atoms with Crippen molar-refractivity contribution in [1.29, 1.82) is 0 Å². The summed E-state index contributed by atoms with van der Waals surface area (Å²) < 4.78 is 21.9. The minimum absolute atomic E-state index is 0.0797. The molecule has 8 rings (SSSR count). The lowest BCUT2D eigenvalue weighted by Gasteiger charge is -2.61. The molecular formula is C52H86O8. The third-order valence-corrected chi connectivity index (χ3v) is 21.4. The minimum atomic E-state index is -0.197. The highest BCUT2D eigenvalue weighted by atomic mass is 16.7. The molecule has 2 N–H and O–H groups in total. The second-order valence-electron chi connectivity index (χ2n) is 23.7. The van der Waals surface area contributed by atoms with E-state index < -0.39 is 0 Å². The van der Waals surface area contributed by atoms with Gasteiger partial charge in [0.15, 0.2) is 13.6 Å². The zero-order valence-corrected chi connectivity index (χ0v) is 38.8. The monoisotopic (exact) mass is 839 g/mol. The molecule has 8 fully saturated rings. The standard InChI is InChI=1S/C52H86O8/c1-33(41-13-15-43-39-11-9-35-29-37(53)19-23-49(35,3)45(39)21-25-51(41,43)5)7-17-47(55)59-31-57-27-28-58-32-60-48(56)18-8-34(2)42-14-16-44-40-12-10-36-30-38(54)20-24-50(36,4)46(40)22-26-52(42,44)6/h33-46,53-54H,7-32H2,1-6H3. The van der Waals surface area contributed by atoms with Crippen molar-refractivity contribution in [3.63, 3.8) is 0 Å². The number of hydrogen-bond donors (Lipinski definition) is 2. The van der Waals surface area contributed by atoms with E-state index in [0.717, 1.165) is 74.0 Å². The van der Waals surface area contributed by atoms with E-state index in [0.29, 0.717) is 70.0 Å². The van der Waals surface area contributed by atoms with Gasteiger partial charge in [-0.3, -0.25) is 9.59 Å². The number of hydrogen-bond acceptors (Lipinski definition) is 8. The van der Waals surface area contributed by atoms with Crippen molar-refractivity contribution in [1.82, 2.24) is 0 Å². The van der Waals surface area contributed by atoms with Crippen molar-refractivity contribution < 1.29 is 38.7 Å². The molecule has 8 saturated carbocycles. The Labute approximate surface area is 364 Å². The number of aliphatic hydroxyl groups is 2. The number of carbonyl (C=O) groups excluding carboxylic acids is 2. The fourth-order valence-corrected chi connectivity index (χ4v) is 18.1. The first-order chi connectivity index (χ1) is 28.7. The summed E-state index contributed by atoms with van der Waals surface area (Å²) in [6.07, 6.45) is 24.6. The molecule has 0 aliphatic heterocycles. The van der Waals surface area contributed by atoms with Crippen LogP contribution in [-0.4, -0.2) is 61.2 Å². The van der Waals surface area contributed by atoms with Gasteiger partial charge in [0.2, 0.25) is 0 Å². The summed E-state index contributed by atoms with van der Waals surface area (Å²) in [5.41, 5.74) is 1.57. The summed E-state index contributed by atoms with van der Waals surface area (Å²) in [4.78, 5) is 25.4. The van der Waals surface area contributed by atoms with Crippen molar-refractivity contribution in [2.75, 3.05) is 26.8 Å². The van der Waals surface area contributed by atoms with Crippen molar-refractivity contribution in [2.24, 2.45) is 92.7 Å². The molecule has 8 aliphatic carbocycles. The average molecular weight is 839 g/mol. The summed E-state index contributed by atoms with van der Waals surface area (Å²) in [7, 11) is 0. The van der Waals surface area contributed by atoms with Crippen LogP contribution in [0, 0.1) is 92.7 Å². The molecule has 0 aromatic heterocycles. The number of aliphatic hydroxyl groups excluding tert-OH is 2. The predicted octanol–water partition coefficient (Wildman–Crippen LogP) is 10.9. The molecule has 8 aliphatic rings. The van der Waals surface area contributed by atoms with Gasteiger partial charge in [0.1, 0.15) is 0 Å². The highest BCUT2D eigenvalue weighted by molar-refractivity contribution is 5.69. The normalized spacial score (nSPS) is 46.7. The molecule has 0 heterocycles. The molecule has 18 unspecified atom stereocenters. The van der Waals surface area contributed by atoms with Crippen LogP contribution in [0.2, 0.25) is 0 Å². The summed E-state index contributed by atoms with van der Waals surface area (Å²) in [5, 5.41) is 20.8. The van der Waals surface area contributed by atoms with E-state index in [1.54, 1.807) is 0 Å². The van der Waals surface area contributed by atoms with Crippen LogP contribution in [0.25, 0.3) is 0 Å². The van der Waals surface area contributed by atoms with E-state index in [1.807, 2.05) is 0 Å². The van der Waals surface area contributed by atoms with Gasteiger partial charge >= 0.3 is 11.9 Å². The van der Waals surface area contributed by atoms with Crippen LogP contribution in [-0.2, 0) is 28.5 Å². The van der Waals surface area contributed by atoms with Gasteiger partial charge in [-0.25, -0.2) is 0 Å². The maximum Gasteiger partial charge on any atom is 0.307 e. The van der Waals surface area contributed by atoms with Crippen molar-refractivity contribution in [3.05, 3.63) is 0 Å². The summed E-state index contributed by atoms with van der Waals surface area (Å²) >= 11 is 0. The summed E-state index contributed by atoms with van der Waals surface area (Å²) in [6, 6.07) is 0. The molecule has 342 valence electrons. The Balaban J connectivity index is 0.670. The lowest BCUT2D eigenvalue weighted by molar-refractivity contribution is -0.164. The van der Waals surface area contributed by atoms with E-state index >= 15 is 0 Å². The Morgan fingerprint density at radius 1 is 0.517 bits per heavy atom. The lowest BCUT2D eigenvalue weighted by Crippen LogP contribution is -2.54. The third kappa shape index (κ3) is 8.55. The molecule has 0 aromatic rings. The molecule has 0 radical (unpaired) electrons. The molecule has 0 aromatic carbocycles. The van der Waals surface area contributed by atoms with Gasteiger partial charge in [0.05, 0.1) is 25.4 Å². The molecule has 0 amide bonds. The molecular weight excluding hydrogens is 753 g/mol. The van der Waals surface area contributed by atoms with Crippen molar-refractivity contribution >= 4 is 11.9 Å². The zero-order chi connectivity index (χ0) is 42.5. The van der Waals surface area contributed by atoms with Crippen LogP contribution in [0.1, 0.15) is 183 Å². The molecule has 0 spiro atoms. The zero-order valence-electron chi connectivity index (χ0n) is 38.8. The lowest BCUT2D eigenvalue weighted by atomic mass is 9.44. The van der Waals surface area contributed by atoms with Crippen molar-refractivity contribution in [3.8, 4) is 0 Å². The first-order valence-corrected chi connectivity index (χ1v) is 25.5. The number of esters is 2. The number of fused-ring (bicyclic) bond motifs is 10. The Kier molecular flexibility index (Phi) is 13.9. The van der Waals surface area contributed by atoms with E-state index in [-0.39, 0.29) is 50.9 Å². The smallest absolute Gasteiger partial charge is 0.307 e. The predicted molar refractivity (Wildman–Crippen MR) is 233 cm³/mol. The van der Waals surface area contributed by atoms with Crippen LogP contribution in [0.15, 0.2) is 0 Å². The highest BCUT2D eigenvalue weighted by Gasteiger charge is 2.62. The van der Waals surface area contributed by atoms with Gasteiger partial charge in [0, 0.05) is 12.8 Å². The van der Waals surface area contributed by atoms with E-state index in [2.05, 4.69) is 41.5 Å². The summed E-state index contributed by atoms with van der Waals surface area (Å²) in [5.74, 6) is 8.22.